The number of rotatable bonds is 5. The van der Waals surface area contributed by atoms with Crippen LogP contribution in [-0.2, 0) is 9.59 Å². The van der Waals surface area contributed by atoms with Gasteiger partial charge in [0, 0.05) is 35.2 Å². The Morgan fingerprint density at radius 1 is 1.33 bits per heavy atom. The van der Waals surface area contributed by atoms with Crippen LogP contribution in [0.25, 0.3) is 0 Å². The van der Waals surface area contributed by atoms with E-state index in [1.165, 1.54) is 0 Å². The molecule has 5 nitrogen and oxygen atoms in total. The van der Waals surface area contributed by atoms with Gasteiger partial charge in [-0.1, -0.05) is 23.2 Å². The second-order valence-corrected chi connectivity index (χ2v) is 5.84. The Labute approximate surface area is 133 Å². The van der Waals surface area contributed by atoms with Crippen molar-refractivity contribution in [3.63, 3.8) is 0 Å². The molecule has 2 amide bonds. The second kappa shape index (κ2) is 7.11. The number of hydrogen-bond acceptors (Lipinski definition) is 3. The highest BCUT2D eigenvalue weighted by atomic mass is 35.5. The van der Waals surface area contributed by atoms with Gasteiger partial charge in [-0.2, -0.15) is 0 Å². The maximum Gasteiger partial charge on any atom is 0.227 e. The van der Waals surface area contributed by atoms with Crippen molar-refractivity contribution in [2.75, 3.05) is 24.5 Å². The van der Waals surface area contributed by atoms with Gasteiger partial charge in [0.1, 0.15) is 0 Å². The lowest BCUT2D eigenvalue weighted by Crippen LogP contribution is -2.34. The summed E-state index contributed by atoms with van der Waals surface area (Å²) in [5.74, 6) is -0.576. The number of carbonyl (C=O) groups excluding carboxylic acids is 2. The first kappa shape index (κ1) is 16.1. The monoisotopic (exact) mass is 329 g/mol. The van der Waals surface area contributed by atoms with Crippen LogP contribution in [0.5, 0.6) is 0 Å². The van der Waals surface area contributed by atoms with Gasteiger partial charge < -0.3 is 16.0 Å². The van der Waals surface area contributed by atoms with E-state index in [2.05, 4.69) is 5.32 Å². The zero-order valence-corrected chi connectivity index (χ0v) is 13.0. The van der Waals surface area contributed by atoms with Crippen LogP contribution >= 0.6 is 23.2 Å². The Kier molecular flexibility index (Phi) is 5.45. The summed E-state index contributed by atoms with van der Waals surface area (Å²) in [6.07, 6.45) is 0.915. The first-order chi connectivity index (χ1) is 10.0. The van der Waals surface area contributed by atoms with Crippen LogP contribution in [0.2, 0.25) is 10.0 Å². The molecule has 0 aliphatic carbocycles. The predicted molar refractivity (Wildman–Crippen MR) is 83.6 cm³/mol. The second-order valence-electron chi connectivity index (χ2n) is 4.97. The van der Waals surface area contributed by atoms with Gasteiger partial charge in [-0.25, -0.2) is 0 Å². The van der Waals surface area contributed by atoms with Crippen molar-refractivity contribution in [1.82, 2.24) is 5.32 Å². The Balaban J connectivity index is 2.04. The predicted octanol–water partition coefficient (Wildman–Crippen LogP) is 1.81. The lowest BCUT2D eigenvalue weighted by atomic mass is 10.1. The number of carbonyl (C=O) groups is 2. The van der Waals surface area contributed by atoms with Crippen molar-refractivity contribution in [3.05, 3.63) is 28.2 Å². The lowest BCUT2D eigenvalue weighted by molar-refractivity contribution is -0.126. The van der Waals surface area contributed by atoms with Crippen molar-refractivity contribution in [2.45, 2.75) is 12.8 Å². The van der Waals surface area contributed by atoms with Crippen LogP contribution in [0.15, 0.2) is 18.2 Å². The number of amides is 2. The third kappa shape index (κ3) is 4.09. The third-order valence-electron chi connectivity index (χ3n) is 3.33. The summed E-state index contributed by atoms with van der Waals surface area (Å²) < 4.78 is 0. The average Bonchev–Trinajstić information content (AvgIpc) is 2.80. The summed E-state index contributed by atoms with van der Waals surface area (Å²) in [6, 6.07) is 4.93. The van der Waals surface area contributed by atoms with Gasteiger partial charge in [0.25, 0.3) is 0 Å². The molecule has 21 heavy (non-hydrogen) atoms. The Morgan fingerprint density at radius 2 is 2.00 bits per heavy atom. The van der Waals surface area contributed by atoms with E-state index >= 15 is 0 Å². The summed E-state index contributed by atoms with van der Waals surface area (Å²) in [5, 5.41) is 3.71. The van der Waals surface area contributed by atoms with Gasteiger partial charge in [0.2, 0.25) is 11.8 Å². The fraction of sp³-hybridized carbons (Fsp3) is 0.429. The molecule has 1 aliphatic heterocycles. The van der Waals surface area contributed by atoms with E-state index in [9.17, 15) is 9.59 Å². The molecule has 0 bridgehead atoms. The Bertz CT molecular complexity index is 531. The molecule has 1 saturated heterocycles. The highest BCUT2D eigenvalue weighted by Gasteiger charge is 2.35. The number of nitrogens with zero attached hydrogens (tertiary/aromatic N) is 1. The molecule has 0 spiro atoms. The summed E-state index contributed by atoms with van der Waals surface area (Å²) in [4.78, 5) is 25.6. The zero-order chi connectivity index (χ0) is 15.4. The SMILES string of the molecule is NCCCNC(=O)C1CC(=O)N(c2cc(Cl)cc(Cl)c2)C1. The van der Waals surface area contributed by atoms with Crippen LogP contribution in [0.3, 0.4) is 0 Å². The fourth-order valence-electron chi connectivity index (χ4n) is 2.29. The van der Waals surface area contributed by atoms with Crippen LogP contribution in [0.4, 0.5) is 5.69 Å². The number of benzene rings is 1. The number of halogens is 2. The molecule has 1 aliphatic rings. The first-order valence-corrected chi connectivity index (χ1v) is 7.51. The van der Waals surface area contributed by atoms with E-state index in [1.807, 2.05) is 0 Å². The van der Waals surface area contributed by atoms with Gasteiger partial charge in [-0.05, 0) is 31.2 Å². The smallest absolute Gasteiger partial charge is 0.227 e. The number of hydrogen-bond donors (Lipinski definition) is 2. The van der Waals surface area contributed by atoms with Crippen LogP contribution in [-0.4, -0.2) is 31.4 Å². The molecular weight excluding hydrogens is 313 g/mol. The molecule has 1 heterocycles. The summed E-state index contributed by atoms with van der Waals surface area (Å²) in [6.45, 7) is 1.39. The number of nitrogens with two attached hydrogens (primary N) is 1. The molecule has 1 fully saturated rings. The van der Waals surface area contributed by atoms with Gasteiger partial charge in [-0.3, -0.25) is 9.59 Å². The van der Waals surface area contributed by atoms with Crippen molar-refractivity contribution in [3.8, 4) is 0 Å². The molecule has 0 saturated carbocycles. The number of anilines is 1. The minimum absolute atomic E-state index is 0.104. The molecule has 1 atom stereocenters. The molecule has 1 aromatic rings. The summed E-state index contributed by atoms with van der Waals surface area (Å²) in [7, 11) is 0. The minimum atomic E-state index is -0.354. The Morgan fingerprint density at radius 3 is 2.62 bits per heavy atom. The Hall–Kier alpha value is -1.30. The summed E-state index contributed by atoms with van der Waals surface area (Å²) >= 11 is 11.9. The van der Waals surface area contributed by atoms with E-state index < -0.39 is 0 Å². The normalized spacial score (nSPS) is 18.1. The van der Waals surface area contributed by atoms with E-state index in [4.69, 9.17) is 28.9 Å². The first-order valence-electron chi connectivity index (χ1n) is 6.75. The zero-order valence-electron chi connectivity index (χ0n) is 11.4. The van der Waals surface area contributed by atoms with E-state index in [-0.39, 0.29) is 24.2 Å². The highest BCUT2D eigenvalue weighted by molar-refractivity contribution is 6.35. The lowest BCUT2D eigenvalue weighted by Gasteiger charge is -2.17. The van der Waals surface area contributed by atoms with Gasteiger partial charge in [-0.15, -0.1) is 0 Å². The third-order valence-corrected chi connectivity index (χ3v) is 3.77. The fourth-order valence-corrected chi connectivity index (χ4v) is 2.80. The molecule has 3 N–H and O–H groups in total. The van der Waals surface area contributed by atoms with E-state index in [1.54, 1.807) is 23.1 Å². The molecule has 114 valence electrons. The quantitative estimate of drug-likeness (QED) is 0.809. The van der Waals surface area contributed by atoms with E-state index in [0.717, 1.165) is 6.42 Å². The molecule has 7 heteroatoms. The molecule has 1 unspecified atom stereocenters. The molecule has 2 rings (SSSR count). The molecule has 0 aromatic heterocycles. The average molecular weight is 330 g/mol. The van der Waals surface area contributed by atoms with Gasteiger partial charge >= 0.3 is 0 Å². The number of nitrogens with one attached hydrogen (secondary N) is 1. The van der Waals surface area contributed by atoms with Crippen LogP contribution in [0.1, 0.15) is 12.8 Å². The topological polar surface area (TPSA) is 75.4 Å². The molecule has 0 radical (unpaired) electrons. The van der Waals surface area contributed by atoms with Crippen molar-refractivity contribution in [2.24, 2.45) is 11.7 Å². The minimum Gasteiger partial charge on any atom is -0.356 e. The van der Waals surface area contributed by atoms with E-state index in [0.29, 0.717) is 35.4 Å². The van der Waals surface area contributed by atoms with Crippen molar-refractivity contribution < 1.29 is 9.59 Å². The molecular formula is C14H17Cl2N3O2. The van der Waals surface area contributed by atoms with Gasteiger partial charge in [0.15, 0.2) is 0 Å². The van der Waals surface area contributed by atoms with Crippen LogP contribution in [0, 0.1) is 5.92 Å². The molecule has 1 aromatic carbocycles. The van der Waals surface area contributed by atoms with Gasteiger partial charge in [0.05, 0.1) is 5.92 Å². The highest BCUT2D eigenvalue weighted by Crippen LogP contribution is 2.30. The maximum absolute atomic E-state index is 12.1. The van der Waals surface area contributed by atoms with Crippen molar-refractivity contribution in [1.29, 1.82) is 0 Å². The van der Waals surface area contributed by atoms with Crippen LogP contribution < -0.4 is 16.0 Å². The maximum atomic E-state index is 12.1. The summed E-state index contributed by atoms with van der Waals surface area (Å²) in [5.41, 5.74) is 6.00. The largest absolute Gasteiger partial charge is 0.356 e. The van der Waals surface area contributed by atoms with Crippen molar-refractivity contribution >= 4 is 40.7 Å². The standard InChI is InChI=1S/C14H17Cl2N3O2/c15-10-5-11(16)7-12(6-10)19-8-9(4-13(19)20)14(21)18-3-1-2-17/h5-7,9H,1-4,8,17H2,(H,18,21).